The van der Waals surface area contributed by atoms with E-state index in [1.165, 1.54) is 23.9 Å². The number of hydrogen-bond acceptors (Lipinski definition) is 6. The summed E-state index contributed by atoms with van der Waals surface area (Å²) >= 11 is 1.49. The number of benzene rings is 3. The van der Waals surface area contributed by atoms with Gasteiger partial charge in [0.2, 0.25) is 0 Å². The van der Waals surface area contributed by atoms with Gasteiger partial charge in [-0.15, -0.1) is 10.2 Å². The Labute approximate surface area is 206 Å². The summed E-state index contributed by atoms with van der Waals surface area (Å²) in [6.07, 6.45) is 0. The predicted octanol–water partition coefficient (Wildman–Crippen LogP) is 5.66. The van der Waals surface area contributed by atoms with Crippen LogP contribution in [0.5, 0.6) is 0 Å². The molecule has 0 spiro atoms. The highest BCUT2D eigenvalue weighted by Crippen LogP contribution is 2.28. The number of nitrogens with one attached hydrogen (secondary N) is 2. The van der Waals surface area contributed by atoms with Gasteiger partial charge in [0.25, 0.3) is 5.69 Å². The molecule has 1 atom stereocenters. The maximum Gasteiger partial charge on any atom is 0.319 e. The number of carbonyl (C=O) groups excluding carboxylic acids is 1. The third-order valence-corrected chi connectivity index (χ3v) is 6.23. The third kappa shape index (κ3) is 6.04. The van der Waals surface area contributed by atoms with Gasteiger partial charge < -0.3 is 10.6 Å². The van der Waals surface area contributed by atoms with E-state index in [9.17, 15) is 14.9 Å². The SMILES string of the molecule is Cc1ccc(NC(=O)NC(C)c2nnc(SCc3ccccc3)n2-c2ccc([N+](=O)[O-])cc2)cc1. The van der Waals surface area contributed by atoms with Crippen molar-refractivity contribution >= 4 is 29.2 Å². The normalized spacial score (nSPS) is 11.6. The number of urea groups is 1. The molecule has 0 saturated heterocycles. The highest BCUT2D eigenvalue weighted by Gasteiger charge is 2.22. The Bertz CT molecular complexity index is 1310. The number of rotatable bonds is 8. The minimum Gasteiger partial charge on any atom is -0.328 e. The van der Waals surface area contributed by atoms with E-state index in [2.05, 4.69) is 20.8 Å². The molecule has 0 aliphatic carbocycles. The number of hydrogen-bond donors (Lipinski definition) is 2. The quantitative estimate of drug-likeness (QED) is 0.188. The van der Waals surface area contributed by atoms with Gasteiger partial charge in [0.15, 0.2) is 11.0 Å². The van der Waals surface area contributed by atoms with Crippen molar-refractivity contribution in [3.63, 3.8) is 0 Å². The zero-order valence-corrected chi connectivity index (χ0v) is 20.0. The number of nitro groups is 1. The Morgan fingerprint density at radius 1 is 1.03 bits per heavy atom. The van der Waals surface area contributed by atoms with E-state index in [0.717, 1.165) is 11.1 Å². The summed E-state index contributed by atoms with van der Waals surface area (Å²) in [7, 11) is 0. The van der Waals surface area contributed by atoms with E-state index in [1.807, 2.05) is 73.0 Å². The predicted molar refractivity (Wildman–Crippen MR) is 136 cm³/mol. The van der Waals surface area contributed by atoms with E-state index in [-0.39, 0.29) is 11.7 Å². The van der Waals surface area contributed by atoms with Crippen molar-refractivity contribution in [3.05, 3.63) is 106 Å². The smallest absolute Gasteiger partial charge is 0.319 e. The van der Waals surface area contributed by atoms with Crippen LogP contribution < -0.4 is 10.6 Å². The van der Waals surface area contributed by atoms with Crippen LogP contribution in [0.1, 0.15) is 29.9 Å². The molecule has 178 valence electrons. The second-order valence-electron chi connectivity index (χ2n) is 7.91. The molecular weight excluding hydrogens is 464 g/mol. The van der Waals surface area contributed by atoms with Gasteiger partial charge in [0, 0.05) is 29.3 Å². The number of aryl methyl sites for hydroxylation is 1. The van der Waals surface area contributed by atoms with Gasteiger partial charge in [0.1, 0.15) is 0 Å². The summed E-state index contributed by atoms with van der Waals surface area (Å²) in [5.74, 6) is 1.18. The fourth-order valence-corrected chi connectivity index (χ4v) is 4.32. The van der Waals surface area contributed by atoms with Gasteiger partial charge in [-0.1, -0.05) is 59.8 Å². The van der Waals surface area contributed by atoms with Crippen molar-refractivity contribution in [1.82, 2.24) is 20.1 Å². The third-order valence-electron chi connectivity index (χ3n) is 5.23. The summed E-state index contributed by atoms with van der Waals surface area (Å²) in [5.41, 5.74) is 3.56. The largest absolute Gasteiger partial charge is 0.328 e. The van der Waals surface area contributed by atoms with Gasteiger partial charge >= 0.3 is 6.03 Å². The van der Waals surface area contributed by atoms with Crippen molar-refractivity contribution in [2.75, 3.05) is 5.32 Å². The van der Waals surface area contributed by atoms with Crippen molar-refractivity contribution in [1.29, 1.82) is 0 Å². The molecule has 0 bridgehead atoms. The Balaban J connectivity index is 1.58. The molecule has 10 heteroatoms. The molecule has 2 amide bonds. The number of thioether (sulfide) groups is 1. The fraction of sp³-hybridized carbons (Fsp3) is 0.160. The minimum atomic E-state index is -0.491. The Morgan fingerprint density at radius 3 is 2.37 bits per heavy atom. The van der Waals surface area contributed by atoms with Crippen molar-refractivity contribution < 1.29 is 9.72 Å². The number of carbonyl (C=O) groups is 1. The summed E-state index contributed by atoms with van der Waals surface area (Å²) < 4.78 is 1.81. The van der Waals surface area contributed by atoms with Gasteiger partial charge in [-0.3, -0.25) is 14.7 Å². The molecular formula is C25H24N6O3S. The van der Waals surface area contributed by atoms with Crippen LogP contribution in [-0.2, 0) is 5.75 Å². The highest BCUT2D eigenvalue weighted by molar-refractivity contribution is 7.98. The molecule has 0 fully saturated rings. The standard InChI is InChI=1S/C25H24N6O3S/c1-17-8-10-20(11-9-17)27-24(32)26-18(2)23-28-29-25(35-16-19-6-4-3-5-7-19)30(23)21-12-14-22(15-13-21)31(33)34/h3-15,18H,16H2,1-2H3,(H2,26,27,32). The van der Waals surface area contributed by atoms with Crippen LogP contribution in [0.3, 0.4) is 0 Å². The van der Waals surface area contributed by atoms with Gasteiger partial charge in [-0.05, 0) is 43.7 Å². The monoisotopic (exact) mass is 488 g/mol. The first kappa shape index (κ1) is 24.0. The summed E-state index contributed by atoms with van der Waals surface area (Å²) in [4.78, 5) is 23.3. The zero-order chi connectivity index (χ0) is 24.8. The van der Waals surface area contributed by atoms with Gasteiger partial charge in [0.05, 0.1) is 11.0 Å². The number of nitrogens with zero attached hydrogens (tertiary/aromatic N) is 4. The summed E-state index contributed by atoms with van der Waals surface area (Å²) in [6.45, 7) is 3.79. The number of anilines is 1. The van der Waals surface area contributed by atoms with Crippen LogP contribution >= 0.6 is 11.8 Å². The molecule has 9 nitrogen and oxygen atoms in total. The zero-order valence-electron chi connectivity index (χ0n) is 19.2. The van der Waals surface area contributed by atoms with E-state index in [0.29, 0.717) is 28.1 Å². The van der Waals surface area contributed by atoms with E-state index < -0.39 is 11.0 Å². The number of amides is 2. The van der Waals surface area contributed by atoms with Crippen LogP contribution in [0.15, 0.2) is 84.0 Å². The molecule has 1 heterocycles. The average molecular weight is 489 g/mol. The van der Waals surface area contributed by atoms with Crippen molar-refractivity contribution in [2.24, 2.45) is 0 Å². The van der Waals surface area contributed by atoms with Crippen LogP contribution in [0, 0.1) is 17.0 Å². The van der Waals surface area contributed by atoms with E-state index >= 15 is 0 Å². The van der Waals surface area contributed by atoms with Crippen LogP contribution in [0.4, 0.5) is 16.2 Å². The van der Waals surface area contributed by atoms with E-state index in [4.69, 9.17) is 0 Å². The lowest BCUT2D eigenvalue weighted by Crippen LogP contribution is -2.32. The first-order chi connectivity index (χ1) is 16.9. The first-order valence-electron chi connectivity index (χ1n) is 10.9. The second-order valence-corrected chi connectivity index (χ2v) is 8.85. The van der Waals surface area contributed by atoms with Gasteiger partial charge in [-0.25, -0.2) is 4.79 Å². The van der Waals surface area contributed by atoms with Gasteiger partial charge in [-0.2, -0.15) is 0 Å². The molecule has 3 aromatic carbocycles. The topological polar surface area (TPSA) is 115 Å². The molecule has 0 saturated carbocycles. The molecule has 4 rings (SSSR count). The Hall–Kier alpha value is -4.18. The molecule has 35 heavy (non-hydrogen) atoms. The number of nitro benzene ring substituents is 1. The second kappa shape index (κ2) is 10.8. The number of non-ortho nitro benzene ring substituents is 1. The van der Waals surface area contributed by atoms with Crippen LogP contribution in [0.25, 0.3) is 5.69 Å². The lowest BCUT2D eigenvalue weighted by Gasteiger charge is -2.17. The highest BCUT2D eigenvalue weighted by atomic mass is 32.2. The van der Waals surface area contributed by atoms with E-state index in [1.54, 1.807) is 12.1 Å². The molecule has 0 aliphatic rings. The molecule has 1 aromatic heterocycles. The lowest BCUT2D eigenvalue weighted by molar-refractivity contribution is -0.384. The maximum atomic E-state index is 12.6. The summed E-state index contributed by atoms with van der Waals surface area (Å²) in [6, 6.07) is 22.8. The maximum absolute atomic E-state index is 12.6. The molecule has 0 radical (unpaired) electrons. The Kier molecular flexibility index (Phi) is 7.41. The molecule has 1 unspecified atom stereocenters. The lowest BCUT2D eigenvalue weighted by atomic mass is 10.2. The first-order valence-corrected chi connectivity index (χ1v) is 11.9. The van der Waals surface area contributed by atoms with Crippen LogP contribution in [0.2, 0.25) is 0 Å². The fourth-order valence-electron chi connectivity index (χ4n) is 3.41. The molecule has 2 N–H and O–H groups in total. The summed E-state index contributed by atoms with van der Waals surface area (Å²) in [5, 5.41) is 26.1. The minimum absolute atomic E-state index is 0.00879. The molecule has 4 aromatic rings. The van der Waals surface area contributed by atoms with Crippen molar-refractivity contribution in [2.45, 2.75) is 30.8 Å². The average Bonchev–Trinajstić information content (AvgIpc) is 3.29. The van der Waals surface area contributed by atoms with Crippen LogP contribution in [-0.4, -0.2) is 25.7 Å². The van der Waals surface area contributed by atoms with Crippen molar-refractivity contribution in [3.8, 4) is 5.69 Å². The Morgan fingerprint density at radius 2 is 1.71 bits per heavy atom. The number of aromatic nitrogens is 3. The molecule has 0 aliphatic heterocycles.